The molecule has 2 aliphatic rings. The van der Waals surface area contributed by atoms with E-state index in [9.17, 15) is 19.2 Å². The molecule has 2 fully saturated rings. The van der Waals surface area contributed by atoms with Gasteiger partial charge in [0.15, 0.2) is 22.7 Å². The Hall–Kier alpha value is -5.87. The number of nitrogens with two attached hydrogens (primary N) is 1. The van der Waals surface area contributed by atoms with Gasteiger partial charge >= 0.3 is 0 Å². The first-order valence-electron chi connectivity index (χ1n) is 18.1. The Kier molecular flexibility index (Phi) is 11.3. The normalized spacial score (nSPS) is 16.6. The Bertz CT molecular complexity index is 2260. The first-order chi connectivity index (χ1) is 26.7. The lowest BCUT2D eigenvalue weighted by Crippen LogP contribution is -2.33. The molecule has 3 aromatic carbocycles. The van der Waals surface area contributed by atoms with Crippen LogP contribution < -0.4 is 20.6 Å². The number of carbonyl (C=O) groups excluding carboxylic acids is 1. The van der Waals surface area contributed by atoms with Crippen molar-refractivity contribution in [3.63, 3.8) is 0 Å². The van der Waals surface area contributed by atoms with E-state index in [1.165, 1.54) is 30.5 Å². The van der Waals surface area contributed by atoms with Crippen LogP contribution in [0.1, 0.15) is 28.8 Å². The average molecular weight is 745 g/mol. The minimum Gasteiger partial charge on any atom is -0.493 e. The van der Waals surface area contributed by atoms with Gasteiger partial charge in [0.2, 0.25) is 0 Å². The fourth-order valence-corrected chi connectivity index (χ4v) is 6.90. The lowest BCUT2D eigenvalue weighted by atomic mass is 9.81. The number of halogens is 1. The summed E-state index contributed by atoms with van der Waals surface area (Å²) >= 11 is 0. The van der Waals surface area contributed by atoms with E-state index in [2.05, 4.69) is 11.1 Å². The topological polar surface area (TPSA) is 148 Å². The number of Topliss-reactive ketones (excluding diaryl/α,β-unsaturated/α-hetero) is 1. The fraction of sp³-hybridized carbons (Fsp3) is 0.302. The van der Waals surface area contributed by atoms with E-state index in [1.807, 2.05) is 48.5 Å². The highest BCUT2D eigenvalue weighted by molar-refractivity contribution is 5.98. The highest BCUT2D eigenvalue weighted by Crippen LogP contribution is 2.36. The van der Waals surface area contributed by atoms with Gasteiger partial charge in [-0.3, -0.25) is 9.59 Å². The van der Waals surface area contributed by atoms with E-state index >= 15 is 0 Å². The van der Waals surface area contributed by atoms with Crippen LogP contribution in [0.2, 0.25) is 0 Å². The predicted octanol–water partition coefficient (Wildman–Crippen LogP) is 6.51. The van der Waals surface area contributed by atoms with Crippen molar-refractivity contribution in [1.29, 1.82) is 5.26 Å². The van der Waals surface area contributed by atoms with Crippen molar-refractivity contribution in [2.24, 2.45) is 5.41 Å². The molecule has 11 nitrogen and oxygen atoms in total. The zero-order valence-corrected chi connectivity index (χ0v) is 30.5. The summed E-state index contributed by atoms with van der Waals surface area (Å²) in [6.07, 6.45) is 5.75. The largest absolute Gasteiger partial charge is 0.493 e. The quantitative estimate of drug-likeness (QED) is 0.140. The number of ketones is 1. The minimum absolute atomic E-state index is 0.00428. The van der Waals surface area contributed by atoms with Gasteiger partial charge in [-0.25, -0.2) is 9.37 Å². The Morgan fingerprint density at radius 2 is 1.65 bits per heavy atom. The van der Waals surface area contributed by atoms with E-state index in [-0.39, 0.29) is 36.0 Å². The van der Waals surface area contributed by atoms with Gasteiger partial charge in [-0.2, -0.15) is 5.26 Å². The third kappa shape index (κ3) is 8.60. The molecule has 2 aliphatic heterocycles. The van der Waals surface area contributed by atoms with Crippen molar-refractivity contribution in [3.8, 4) is 50.9 Å². The number of nitrogens with zero attached hydrogens (tertiary/aromatic N) is 3. The van der Waals surface area contributed by atoms with Crippen LogP contribution in [0.4, 0.5) is 10.2 Å². The van der Waals surface area contributed by atoms with Gasteiger partial charge < -0.3 is 34.0 Å². The molecule has 4 heterocycles. The van der Waals surface area contributed by atoms with Crippen LogP contribution in [0.25, 0.3) is 33.4 Å². The molecule has 0 unspecified atom stereocenters. The van der Waals surface area contributed by atoms with E-state index in [0.717, 1.165) is 16.7 Å². The number of pyridine rings is 2. The smallest absolute Gasteiger partial charge is 0.200 e. The molecule has 0 bridgehead atoms. The summed E-state index contributed by atoms with van der Waals surface area (Å²) in [5.41, 5.74) is 9.78. The van der Waals surface area contributed by atoms with Gasteiger partial charge in [0.25, 0.3) is 0 Å². The average Bonchev–Trinajstić information content (AvgIpc) is 3.22. The Balaban J connectivity index is 1.11. The Morgan fingerprint density at radius 3 is 2.36 bits per heavy atom. The SMILES string of the molecule is COc1cc(-c2cnc(N)c(-c3ccc(CC(=O)c4cn(CC5(C#N)CCOCC5)cc(-c5ccc(F)cc5)c4=O)cc3)c2)ccc1OC[C@@H]1COCCO1. The van der Waals surface area contributed by atoms with Crippen molar-refractivity contribution in [3.05, 3.63) is 119 Å². The monoisotopic (exact) mass is 744 g/mol. The first kappa shape index (κ1) is 37.4. The molecule has 7 rings (SSSR count). The third-order valence-corrected chi connectivity index (χ3v) is 10.1. The van der Waals surface area contributed by atoms with Crippen LogP contribution in [0.5, 0.6) is 11.5 Å². The molecule has 2 N–H and O–H groups in total. The highest BCUT2D eigenvalue weighted by atomic mass is 19.1. The van der Waals surface area contributed by atoms with E-state index < -0.39 is 16.7 Å². The van der Waals surface area contributed by atoms with Gasteiger partial charge in [-0.05, 0) is 65.4 Å². The molecule has 282 valence electrons. The molecule has 5 aromatic rings. The summed E-state index contributed by atoms with van der Waals surface area (Å²) < 4.78 is 43.8. The third-order valence-electron chi connectivity index (χ3n) is 10.1. The van der Waals surface area contributed by atoms with Crippen LogP contribution in [-0.2, 0) is 27.2 Å². The van der Waals surface area contributed by atoms with Gasteiger partial charge in [0.1, 0.15) is 24.3 Å². The molecule has 55 heavy (non-hydrogen) atoms. The van der Waals surface area contributed by atoms with Crippen LogP contribution >= 0.6 is 0 Å². The molecule has 12 heteroatoms. The van der Waals surface area contributed by atoms with E-state index in [0.29, 0.717) is 86.5 Å². The summed E-state index contributed by atoms with van der Waals surface area (Å²) in [6.45, 7) is 3.13. The van der Waals surface area contributed by atoms with Crippen molar-refractivity contribution in [2.75, 3.05) is 52.5 Å². The summed E-state index contributed by atoms with van der Waals surface area (Å²) in [4.78, 5) is 32.1. The zero-order chi connectivity index (χ0) is 38.4. The fourth-order valence-electron chi connectivity index (χ4n) is 6.90. The second kappa shape index (κ2) is 16.7. The van der Waals surface area contributed by atoms with Crippen LogP contribution in [-0.4, -0.2) is 68.2 Å². The second-order valence-electron chi connectivity index (χ2n) is 13.8. The van der Waals surface area contributed by atoms with Crippen LogP contribution in [0.3, 0.4) is 0 Å². The van der Waals surface area contributed by atoms with Crippen molar-refractivity contribution in [2.45, 2.75) is 31.9 Å². The minimum atomic E-state index is -0.707. The molecule has 2 aromatic heterocycles. The number of hydrogen-bond donors (Lipinski definition) is 1. The van der Waals surface area contributed by atoms with Crippen molar-refractivity contribution < 1.29 is 32.9 Å². The summed E-state index contributed by atoms with van der Waals surface area (Å²) in [7, 11) is 1.58. The second-order valence-corrected chi connectivity index (χ2v) is 13.8. The lowest BCUT2D eigenvalue weighted by molar-refractivity contribution is -0.101. The van der Waals surface area contributed by atoms with Gasteiger partial charge in [-0.1, -0.05) is 42.5 Å². The molecule has 0 saturated carbocycles. The number of rotatable bonds is 12. The molecule has 2 saturated heterocycles. The standard InChI is InChI=1S/C43H41FN4O7/c1-51-40-20-31(8-11-39(40)55-25-34-24-53-16-17-54-34)32-19-35(42(46)47-21-32)29-4-2-28(3-5-29)18-38(49)37-23-48(27-43(26-45)12-14-52-15-13-43)22-36(41(37)50)30-6-9-33(44)10-7-30/h2-11,19-23,34H,12-18,24-25,27H2,1H3,(H2,46,47)/t34-/m0/s1. The number of anilines is 1. The molecule has 0 aliphatic carbocycles. The summed E-state index contributed by atoms with van der Waals surface area (Å²) in [6, 6.07) is 23.0. The molecule has 0 spiro atoms. The van der Waals surface area contributed by atoms with Gasteiger partial charge in [0, 0.05) is 61.5 Å². The van der Waals surface area contributed by atoms with E-state index in [1.54, 1.807) is 24.1 Å². The van der Waals surface area contributed by atoms with Crippen molar-refractivity contribution in [1.82, 2.24) is 9.55 Å². The van der Waals surface area contributed by atoms with Crippen molar-refractivity contribution >= 4 is 11.6 Å². The zero-order valence-electron chi connectivity index (χ0n) is 30.5. The number of aromatic nitrogens is 2. The van der Waals surface area contributed by atoms with Crippen LogP contribution in [0.15, 0.2) is 96.2 Å². The van der Waals surface area contributed by atoms with Crippen LogP contribution in [0, 0.1) is 22.6 Å². The first-order valence-corrected chi connectivity index (χ1v) is 18.1. The Morgan fingerprint density at radius 1 is 0.927 bits per heavy atom. The maximum atomic E-state index is 13.9. The lowest BCUT2D eigenvalue weighted by Gasteiger charge is -2.31. The number of ether oxygens (including phenoxy) is 5. The number of nitriles is 1. The number of nitrogen functional groups attached to an aromatic ring is 1. The maximum Gasteiger partial charge on any atom is 0.200 e. The number of hydrogen-bond acceptors (Lipinski definition) is 10. The maximum absolute atomic E-state index is 13.9. The predicted molar refractivity (Wildman–Crippen MR) is 204 cm³/mol. The number of carbonyl (C=O) groups is 1. The molecule has 0 amide bonds. The van der Waals surface area contributed by atoms with E-state index in [4.69, 9.17) is 29.4 Å². The summed E-state index contributed by atoms with van der Waals surface area (Å²) in [5.74, 6) is 0.668. The number of benzene rings is 3. The van der Waals surface area contributed by atoms with Gasteiger partial charge in [0.05, 0.1) is 44.0 Å². The molecule has 0 radical (unpaired) electrons. The molecular weight excluding hydrogens is 703 g/mol. The number of methoxy groups -OCH3 is 1. The Labute approximate surface area is 318 Å². The highest BCUT2D eigenvalue weighted by Gasteiger charge is 2.33. The molecular formula is C43H41FN4O7. The van der Waals surface area contributed by atoms with Gasteiger partial charge in [-0.15, -0.1) is 0 Å². The molecule has 1 atom stereocenters. The summed E-state index contributed by atoms with van der Waals surface area (Å²) in [5, 5.41) is 10.1.